The van der Waals surface area contributed by atoms with Crippen LogP contribution in [0.5, 0.6) is 0 Å². The molecular formula is C14H19F4NS. The molecule has 0 spiro atoms. The van der Waals surface area contributed by atoms with Crippen molar-refractivity contribution in [2.24, 2.45) is 5.92 Å². The van der Waals surface area contributed by atoms with Gasteiger partial charge in [-0.2, -0.15) is 24.9 Å². The van der Waals surface area contributed by atoms with Crippen LogP contribution in [0, 0.1) is 11.7 Å². The first-order valence-corrected chi connectivity index (χ1v) is 7.52. The molecule has 0 bridgehead atoms. The standard InChI is InChI=1S/C14H19F4NS/c1-9(2)7-20-8-13(19-3)10-4-5-11(12(15)6-10)14(16,17)18/h4-6,9,13,19H,7-8H2,1-3H3. The number of alkyl halides is 3. The highest BCUT2D eigenvalue weighted by atomic mass is 32.2. The maximum Gasteiger partial charge on any atom is 0.419 e. The summed E-state index contributed by atoms with van der Waals surface area (Å²) in [6.45, 7) is 4.19. The maximum absolute atomic E-state index is 13.5. The molecule has 20 heavy (non-hydrogen) atoms. The molecule has 6 heteroatoms. The molecule has 0 saturated heterocycles. The summed E-state index contributed by atoms with van der Waals surface area (Å²) in [5, 5.41) is 3.01. The van der Waals surface area contributed by atoms with Crippen molar-refractivity contribution in [3.05, 3.63) is 35.1 Å². The minimum Gasteiger partial charge on any atom is -0.312 e. The zero-order valence-corrected chi connectivity index (χ0v) is 12.5. The lowest BCUT2D eigenvalue weighted by atomic mass is 10.1. The highest BCUT2D eigenvalue weighted by molar-refractivity contribution is 7.99. The number of rotatable bonds is 6. The van der Waals surface area contributed by atoms with Gasteiger partial charge in [-0.05, 0) is 36.4 Å². The van der Waals surface area contributed by atoms with Crippen LogP contribution in [0.25, 0.3) is 0 Å². The molecule has 1 unspecified atom stereocenters. The third-order valence-electron chi connectivity index (χ3n) is 2.79. The van der Waals surface area contributed by atoms with Gasteiger partial charge >= 0.3 is 6.18 Å². The first kappa shape index (κ1) is 17.3. The number of thioether (sulfide) groups is 1. The molecule has 1 rings (SSSR count). The Morgan fingerprint density at radius 3 is 2.30 bits per heavy atom. The van der Waals surface area contributed by atoms with Gasteiger partial charge in [-0.15, -0.1) is 0 Å². The van der Waals surface area contributed by atoms with E-state index in [1.165, 1.54) is 6.07 Å². The van der Waals surface area contributed by atoms with Crippen molar-refractivity contribution in [2.45, 2.75) is 26.1 Å². The Morgan fingerprint density at radius 1 is 1.20 bits per heavy atom. The summed E-state index contributed by atoms with van der Waals surface area (Å²) in [6.07, 6.45) is -4.65. The lowest BCUT2D eigenvalue weighted by Crippen LogP contribution is -2.20. The van der Waals surface area contributed by atoms with Gasteiger partial charge in [0.1, 0.15) is 5.82 Å². The predicted octanol–water partition coefficient (Wildman–Crippen LogP) is 4.49. The third kappa shape index (κ3) is 4.98. The molecule has 0 fully saturated rings. The van der Waals surface area contributed by atoms with E-state index in [4.69, 9.17) is 0 Å². The van der Waals surface area contributed by atoms with Gasteiger partial charge in [-0.25, -0.2) is 4.39 Å². The number of nitrogens with one attached hydrogen (secondary N) is 1. The van der Waals surface area contributed by atoms with Crippen molar-refractivity contribution in [1.82, 2.24) is 5.32 Å². The van der Waals surface area contributed by atoms with Crippen molar-refractivity contribution >= 4 is 11.8 Å². The van der Waals surface area contributed by atoms with Crippen molar-refractivity contribution in [3.8, 4) is 0 Å². The zero-order chi connectivity index (χ0) is 15.3. The van der Waals surface area contributed by atoms with E-state index >= 15 is 0 Å². The fourth-order valence-electron chi connectivity index (χ4n) is 1.75. The molecule has 0 aliphatic rings. The lowest BCUT2D eigenvalue weighted by Gasteiger charge is -2.18. The van der Waals surface area contributed by atoms with E-state index in [1.807, 2.05) is 0 Å². The molecule has 1 nitrogen and oxygen atoms in total. The molecule has 0 aromatic heterocycles. The monoisotopic (exact) mass is 309 g/mol. The van der Waals surface area contributed by atoms with Crippen LogP contribution in [-0.2, 0) is 6.18 Å². The Kier molecular flexibility index (Phi) is 6.33. The van der Waals surface area contributed by atoms with Gasteiger partial charge in [0.25, 0.3) is 0 Å². The van der Waals surface area contributed by atoms with Crippen LogP contribution in [0.1, 0.15) is 31.0 Å². The number of halogens is 4. The van der Waals surface area contributed by atoms with Crippen LogP contribution in [0.2, 0.25) is 0 Å². The van der Waals surface area contributed by atoms with E-state index in [1.54, 1.807) is 18.8 Å². The maximum atomic E-state index is 13.5. The molecule has 1 N–H and O–H groups in total. The van der Waals surface area contributed by atoms with Crippen LogP contribution in [0.3, 0.4) is 0 Å². The summed E-state index contributed by atoms with van der Waals surface area (Å²) < 4.78 is 51.0. The summed E-state index contributed by atoms with van der Waals surface area (Å²) in [7, 11) is 1.72. The van der Waals surface area contributed by atoms with Gasteiger partial charge in [0.15, 0.2) is 0 Å². The molecule has 0 aliphatic carbocycles. The van der Waals surface area contributed by atoms with E-state index in [0.717, 1.165) is 17.9 Å². The quantitative estimate of drug-likeness (QED) is 0.777. The number of hydrogen-bond acceptors (Lipinski definition) is 2. The lowest BCUT2D eigenvalue weighted by molar-refractivity contribution is -0.140. The predicted molar refractivity (Wildman–Crippen MR) is 75.4 cm³/mol. The average Bonchev–Trinajstić information content (AvgIpc) is 2.32. The highest BCUT2D eigenvalue weighted by Crippen LogP contribution is 2.32. The molecule has 1 aromatic carbocycles. The molecule has 0 saturated carbocycles. The molecule has 0 aliphatic heterocycles. The van der Waals surface area contributed by atoms with Crippen LogP contribution in [0.4, 0.5) is 17.6 Å². The molecule has 1 atom stereocenters. The van der Waals surface area contributed by atoms with Gasteiger partial charge in [0.2, 0.25) is 0 Å². The van der Waals surface area contributed by atoms with Crippen molar-refractivity contribution < 1.29 is 17.6 Å². The molecule has 1 aromatic rings. The van der Waals surface area contributed by atoms with Crippen LogP contribution in [-0.4, -0.2) is 18.6 Å². The normalized spacial score (nSPS) is 13.8. The summed E-state index contributed by atoms with van der Waals surface area (Å²) in [6, 6.07) is 2.96. The van der Waals surface area contributed by atoms with Gasteiger partial charge < -0.3 is 5.32 Å². The topological polar surface area (TPSA) is 12.0 Å². The largest absolute Gasteiger partial charge is 0.419 e. The number of benzene rings is 1. The Hall–Kier alpha value is -0.750. The SMILES string of the molecule is CNC(CSCC(C)C)c1ccc(C(F)(F)F)c(F)c1. The Balaban J connectivity index is 2.81. The van der Waals surface area contributed by atoms with Crippen LogP contribution in [0.15, 0.2) is 18.2 Å². The van der Waals surface area contributed by atoms with Crippen molar-refractivity contribution in [1.29, 1.82) is 0 Å². The Bertz CT molecular complexity index is 432. The van der Waals surface area contributed by atoms with Crippen molar-refractivity contribution in [2.75, 3.05) is 18.6 Å². The third-order valence-corrected chi connectivity index (χ3v) is 4.26. The van der Waals surface area contributed by atoms with Gasteiger partial charge in [0, 0.05) is 11.8 Å². The second kappa shape index (κ2) is 7.31. The number of hydrogen-bond donors (Lipinski definition) is 1. The molecule has 0 radical (unpaired) electrons. The van der Waals surface area contributed by atoms with Gasteiger partial charge in [-0.3, -0.25) is 0 Å². The van der Waals surface area contributed by atoms with E-state index < -0.39 is 17.6 Å². The first-order valence-electron chi connectivity index (χ1n) is 6.37. The van der Waals surface area contributed by atoms with Crippen LogP contribution >= 0.6 is 11.8 Å². The zero-order valence-electron chi connectivity index (χ0n) is 11.7. The van der Waals surface area contributed by atoms with Gasteiger partial charge in [-0.1, -0.05) is 19.9 Å². The average molecular weight is 309 g/mol. The summed E-state index contributed by atoms with van der Waals surface area (Å²) in [5.41, 5.74) is -0.680. The van der Waals surface area contributed by atoms with E-state index in [-0.39, 0.29) is 6.04 Å². The van der Waals surface area contributed by atoms with Gasteiger partial charge in [0.05, 0.1) is 5.56 Å². The first-order chi connectivity index (χ1) is 9.25. The van der Waals surface area contributed by atoms with E-state index in [2.05, 4.69) is 19.2 Å². The summed E-state index contributed by atoms with van der Waals surface area (Å²) in [5.74, 6) is 0.979. The van der Waals surface area contributed by atoms with E-state index in [0.29, 0.717) is 17.2 Å². The fraction of sp³-hybridized carbons (Fsp3) is 0.571. The molecular weight excluding hydrogens is 290 g/mol. The molecule has 114 valence electrons. The van der Waals surface area contributed by atoms with Crippen LogP contribution < -0.4 is 5.32 Å². The van der Waals surface area contributed by atoms with E-state index in [9.17, 15) is 17.6 Å². The minimum atomic E-state index is -4.65. The summed E-state index contributed by atoms with van der Waals surface area (Å²) in [4.78, 5) is 0. The minimum absolute atomic E-state index is 0.157. The van der Waals surface area contributed by atoms with Crippen molar-refractivity contribution in [3.63, 3.8) is 0 Å². The smallest absolute Gasteiger partial charge is 0.312 e. The Labute approximate surface area is 121 Å². The fourth-order valence-corrected chi connectivity index (χ4v) is 2.95. The second-order valence-electron chi connectivity index (χ2n) is 5.01. The molecule has 0 amide bonds. The Morgan fingerprint density at radius 2 is 1.85 bits per heavy atom. The molecule has 0 heterocycles. The summed E-state index contributed by atoms with van der Waals surface area (Å²) >= 11 is 1.70. The second-order valence-corrected chi connectivity index (χ2v) is 6.08. The highest BCUT2D eigenvalue weighted by Gasteiger charge is 2.34.